The number of hydrogen-bond acceptors (Lipinski definition) is 6. The second-order valence-electron chi connectivity index (χ2n) is 7.59. The number of para-hydroxylation sites is 1. The molecular formula is C24H23N5OS. The van der Waals surface area contributed by atoms with E-state index < -0.39 is 0 Å². The average Bonchev–Trinajstić information content (AvgIpc) is 3.39. The highest BCUT2D eigenvalue weighted by atomic mass is 32.1. The van der Waals surface area contributed by atoms with Crippen molar-refractivity contribution < 1.29 is 4.79 Å². The van der Waals surface area contributed by atoms with Crippen LogP contribution in [0.25, 0.3) is 21.6 Å². The van der Waals surface area contributed by atoms with Gasteiger partial charge in [0.25, 0.3) is 0 Å². The number of anilines is 2. The molecule has 0 saturated heterocycles. The van der Waals surface area contributed by atoms with Crippen LogP contribution in [0.3, 0.4) is 0 Å². The summed E-state index contributed by atoms with van der Waals surface area (Å²) in [7, 11) is 0. The molecule has 3 aromatic heterocycles. The zero-order valence-electron chi connectivity index (χ0n) is 17.3. The third-order valence-electron chi connectivity index (χ3n) is 5.57. The maximum atomic E-state index is 12.7. The lowest BCUT2D eigenvalue weighted by Gasteiger charge is -2.12. The molecule has 0 saturated carbocycles. The van der Waals surface area contributed by atoms with Crippen LogP contribution in [0.4, 0.5) is 11.5 Å². The Balaban J connectivity index is 1.45. The van der Waals surface area contributed by atoms with Crippen molar-refractivity contribution in [3.8, 4) is 11.4 Å². The van der Waals surface area contributed by atoms with E-state index in [1.807, 2.05) is 36.4 Å². The number of nitrogens with zero attached hydrogens (tertiary/aromatic N) is 3. The number of benzene rings is 1. The van der Waals surface area contributed by atoms with Crippen LogP contribution in [0.1, 0.15) is 29.3 Å². The van der Waals surface area contributed by atoms with Crippen LogP contribution < -0.4 is 10.6 Å². The van der Waals surface area contributed by atoms with Crippen LogP contribution >= 0.6 is 11.3 Å². The van der Waals surface area contributed by atoms with Crippen LogP contribution in [0.2, 0.25) is 0 Å². The highest BCUT2D eigenvalue weighted by Crippen LogP contribution is 2.40. The van der Waals surface area contributed by atoms with Crippen molar-refractivity contribution >= 4 is 39.0 Å². The molecule has 0 radical (unpaired) electrons. The van der Waals surface area contributed by atoms with E-state index in [9.17, 15) is 4.79 Å². The van der Waals surface area contributed by atoms with Gasteiger partial charge in [-0.2, -0.15) is 0 Å². The number of aromatic nitrogens is 3. The number of rotatable bonds is 6. The van der Waals surface area contributed by atoms with Gasteiger partial charge in [-0.3, -0.25) is 9.78 Å². The molecule has 4 aromatic rings. The van der Waals surface area contributed by atoms with Crippen LogP contribution in [0.5, 0.6) is 0 Å². The van der Waals surface area contributed by atoms with Gasteiger partial charge in [0.15, 0.2) is 5.82 Å². The number of fused-ring (bicyclic) bond motifs is 3. The summed E-state index contributed by atoms with van der Waals surface area (Å²) in [5.41, 5.74) is 4.17. The highest BCUT2D eigenvalue weighted by molar-refractivity contribution is 7.19. The summed E-state index contributed by atoms with van der Waals surface area (Å²) < 4.78 is 0. The van der Waals surface area contributed by atoms with Gasteiger partial charge >= 0.3 is 0 Å². The Kier molecular flexibility index (Phi) is 5.34. The van der Waals surface area contributed by atoms with Crippen molar-refractivity contribution in [2.45, 2.75) is 32.6 Å². The van der Waals surface area contributed by atoms with E-state index in [1.165, 1.54) is 10.4 Å². The lowest BCUT2D eigenvalue weighted by Crippen LogP contribution is -2.23. The minimum atomic E-state index is -0.0949. The number of amides is 1. The zero-order valence-corrected chi connectivity index (χ0v) is 18.1. The number of pyridine rings is 1. The Morgan fingerprint density at radius 3 is 2.87 bits per heavy atom. The molecule has 0 bridgehead atoms. The number of carbonyl (C=O) groups is 1. The van der Waals surface area contributed by atoms with Crippen LogP contribution in [-0.2, 0) is 24.1 Å². The first kappa shape index (κ1) is 19.6. The van der Waals surface area contributed by atoms with E-state index in [0.29, 0.717) is 5.82 Å². The summed E-state index contributed by atoms with van der Waals surface area (Å²) in [6.45, 7) is 2.22. The molecule has 0 atom stereocenters. The van der Waals surface area contributed by atoms with Gasteiger partial charge in [-0.15, -0.1) is 11.3 Å². The highest BCUT2D eigenvalue weighted by Gasteiger charge is 2.23. The van der Waals surface area contributed by atoms with Gasteiger partial charge in [0.1, 0.15) is 10.6 Å². The molecule has 0 unspecified atom stereocenters. The molecule has 7 heteroatoms. The van der Waals surface area contributed by atoms with Crippen LogP contribution in [0, 0.1) is 0 Å². The number of nitrogens with one attached hydrogen (secondary N) is 2. The van der Waals surface area contributed by atoms with Crippen molar-refractivity contribution in [3.63, 3.8) is 0 Å². The predicted molar refractivity (Wildman–Crippen MR) is 126 cm³/mol. The molecule has 2 N–H and O–H groups in total. The first-order valence-electron chi connectivity index (χ1n) is 10.6. The summed E-state index contributed by atoms with van der Waals surface area (Å²) in [6, 6.07) is 11.7. The molecule has 1 aromatic carbocycles. The van der Waals surface area contributed by atoms with Crippen molar-refractivity contribution in [3.05, 3.63) is 64.8 Å². The van der Waals surface area contributed by atoms with E-state index in [0.717, 1.165) is 58.5 Å². The van der Waals surface area contributed by atoms with Crippen LogP contribution in [-0.4, -0.2) is 27.4 Å². The standard InChI is InChI=1S/C24H23N5OS/c1-2-15-7-3-4-10-18(15)27-20(30)14-26-23-21-17-9-5-11-19(17)31-24(21)29-22(28-23)16-8-6-12-25-13-16/h3-4,6-8,10,12-13H,2,5,9,11,14H2,1H3,(H,27,30)(H,26,28,29). The van der Waals surface area contributed by atoms with E-state index in [-0.39, 0.29) is 12.5 Å². The largest absolute Gasteiger partial charge is 0.360 e. The number of carbonyl (C=O) groups excluding carboxylic acids is 1. The summed E-state index contributed by atoms with van der Waals surface area (Å²) in [4.78, 5) is 28.9. The van der Waals surface area contributed by atoms with Gasteiger partial charge in [-0.05, 0) is 55.0 Å². The maximum Gasteiger partial charge on any atom is 0.243 e. The quantitative estimate of drug-likeness (QED) is 0.458. The Morgan fingerprint density at radius 2 is 2.03 bits per heavy atom. The fourth-order valence-electron chi connectivity index (χ4n) is 4.06. The first-order valence-corrected chi connectivity index (χ1v) is 11.4. The number of aryl methyl sites for hydroxylation is 3. The van der Waals surface area contributed by atoms with Gasteiger partial charge in [-0.25, -0.2) is 9.97 Å². The summed E-state index contributed by atoms with van der Waals surface area (Å²) in [5, 5.41) is 7.38. The van der Waals surface area contributed by atoms with Gasteiger partial charge in [0.05, 0.1) is 11.9 Å². The fraction of sp³-hybridized carbons (Fsp3) is 0.250. The van der Waals surface area contributed by atoms with Crippen LogP contribution in [0.15, 0.2) is 48.8 Å². The third kappa shape index (κ3) is 3.88. The van der Waals surface area contributed by atoms with Gasteiger partial charge < -0.3 is 10.6 Å². The topological polar surface area (TPSA) is 79.8 Å². The van der Waals surface area contributed by atoms with Crippen molar-refractivity contribution in [2.75, 3.05) is 17.2 Å². The third-order valence-corrected chi connectivity index (χ3v) is 6.76. The molecule has 1 aliphatic carbocycles. The molecule has 0 aliphatic heterocycles. The Hall–Kier alpha value is -3.32. The number of hydrogen-bond donors (Lipinski definition) is 2. The minimum Gasteiger partial charge on any atom is -0.360 e. The minimum absolute atomic E-state index is 0.0949. The molecule has 0 fully saturated rings. The van der Waals surface area contributed by atoms with E-state index in [2.05, 4.69) is 22.5 Å². The van der Waals surface area contributed by atoms with E-state index in [1.54, 1.807) is 23.7 Å². The summed E-state index contributed by atoms with van der Waals surface area (Å²) in [5.74, 6) is 1.25. The average molecular weight is 430 g/mol. The first-order chi connectivity index (χ1) is 15.2. The lowest BCUT2D eigenvalue weighted by molar-refractivity contribution is -0.114. The second-order valence-corrected chi connectivity index (χ2v) is 8.67. The molecule has 0 spiro atoms. The van der Waals surface area contributed by atoms with Crippen molar-refractivity contribution in [1.82, 2.24) is 15.0 Å². The number of thiophene rings is 1. The predicted octanol–water partition coefficient (Wildman–Crippen LogP) is 4.86. The van der Waals surface area contributed by atoms with Gasteiger partial charge in [-0.1, -0.05) is 25.1 Å². The zero-order chi connectivity index (χ0) is 21.2. The smallest absolute Gasteiger partial charge is 0.243 e. The Labute approximate surface area is 184 Å². The summed E-state index contributed by atoms with van der Waals surface area (Å²) in [6.07, 6.45) is 7.66. The van der Waals surface area contributed by atoms with E-state index in [4.69, 9.17) is 9.97 Å². The second kappa shape index (κ2) is 8.43. The molecule has 5 rings (SSSR count). The molecule has 1 amide bonds. The van der Waals surface area contributed by atoms with Gasteiger partial charge in [0, 0.05) is 28.5 Å². The van der Waals surface area contributed by atoms with Crippen molar-refractivity contribution in [2.24, 2.45) is 0 Å². The Bertz CT molecular complexity index is 1250. The van der Waals surface area contributed by atoms with E-state index >= 15 is 0 Å². The Morgan fingerprint density at radius 1 is 1.13 bits per heavy atom. The molecule has 1 aliphatic rings. The van der Waals surface area contributed by atoms with Gasteiger partial charge in [0.2, 0.25) is 5.91 Å². The maximum absolute atomic E-state index is 12.7. The molecular weight excluding hydrogens is 406 g/mol. The van der Waals surface area contributed by atoms with Crippen molar-refractivity contribution in [1.29, 1.82) is 0 Å². The lowest BCUT2D eigenvalue weighted by atomic mass is 10.1. The SMILES string of the molecule is CCc1ccccc1NC(=O)CNc1nc(-c2cccnc2)nc2sc3c(c12)CCC3. The molecule has 156 valence electrons. The molecule has 31 heavy (non-hydrogen) atoms. The molecule has 3 heterocycles. The monoisotopic (exact) mass is 429 g/mol. The normalized spacial score (nSPS) is 12.7. The fourth-order valence-corrected chi connectivity index (χ4v) is 5.32. The summed E-state index contributed by atoms with van der Waals surface area (Å²) >= 11 is 1.74. The molecule has 6 nitrogen and oxygen atoms in total.